The molecule has 0 aliphatic carbocycles. The molecular weight excluding hydrogens is 433 g/mol. The molecule has 172 valence electrons. The normalized spacial score (nSPS) is 20.3. The maximum absolute atomic E-state index is 13.3. The number of piperidine rings is 1. The lowest BCUT2D eigenvalue weighted by Crippen LogP contribution is -2.46. The number of hydrogen-bond donors (Lipinski definition) is 1. The summed E-state index contributed by atoms with van der Waals surface area (Å²) in [6, 6.07) is 16.4. The highest BCUT2D eigenvalue weighted by atomic mass is 19.4. The number of para-hydroxylation sites is 1. The molecule has 33 heavy (non-hydrogen) atoms. The van der Waals surface area contributed by atoms with Crippen molar-refractivity contribution in [1.29, 1.82) is 0 Å². The van der Waals surface area contributed by atoms with E-state index < -0.39 is 6.36 Å². The van der Waals surface area contributed by atoms with Crippen molar-refractivity contribution in [3.8, 4) is 22.6 Å². The van der Waals surface area contributed by atoms with E-state index in [1.165, 1.54) is 24.3 Å². The number of phenolic OH excluding ortho intramolecular Hbond substituents is 1. The van der Waals surface area contributed by atoms with Crippen molar-refractivity contribution < 1.29 is 23.0 Å². The zero-order chi connectivity index (χ0) is 23.2. The monoisotopic (exact) mass is 456 g/mol. The van der Waals surface area contributed by atoms with Gasteiger partial charge in [-0.25, -0.2) is 0 Å². The fourth-order valence-corrected chi connectivity index (χ4v) is 5.12. The Kier molecular flexibility index (Phi) is 5.40. The van der Waals surface area contributed by atoms with Crippen molar-refractivity contribution in [3.63, 3.8) is 0 Å². The van der Waals surface area contributed by atoms with E-state index >= 15 is 0 Å². The second-order valence-corrected chi connectivity index (χ2v) is 8.78. The minimum absolute atomic E-state index is 0.124. The predicted molar refractivity (Wildman–Crippen MR) is 117 cm³/mol. The van der Waals surface area contributed by atoms with Gasteiger partial charge in [0.05, 0.1) is 0 Å². The molecule has 2 aliphatic rings. The molecule has 1 N–H and O–H groups in total. The quantitative estimate of drug-likeness (QED) is 0.616. The molecule has 3 aromatic rings. The summed E-state index contributed by atoms with van der Waals surface area (Å²) in [4.78, 5) is 15.6. The van der Waals surface area contributed by atoms with E-state index in [9.17, 15) is 23.1 Å². The minimum Gasteiger partial charge on any atom is -0.508 e. The number of likely N-dealkylation sites (tertiary alicyclic amines) is 1. The fraction of sp³-hybridized carbons (Fsp3) is 0.320. The smallest absolute Gasteiger partial charge is 0.508 e. The molecule has 2 bridgehead atoms. The van der Waals surface area contributed by atoms with Gasteiger partial charge in [-0.3, -0.25) is 9.69 Å². The molecule has 1 aromatic heterocycles. The van der Waals surface area contributed by atoms with Gasteiger partial charge >= 0.3 is 6.36 Å². The summed E-state index contributed by atoms with van der Waals surface area (Å²) in [5, 5.41) is 10.1. The van der Waals surface area contributed by atoms with Gasteiger partial charge in [0.1, 0.15) is 11.5 Å². The Labute approximate surface area is 188 Å². The van der Waals surface area contributed by atoms with Crippen LogP contribution in [0.2, 0.25) is 0 Å². The average molecular weight is 456 g/mol. The summed E-state index contributed by atoms with van der Waals surface area (Å²) in [7, 11) is 0. The van der Waals surface area contributed by atoms with Gasteiger partial charge < -0.3 is 14.4 Å². The average Bonchev–Trinajstić information content (AvgIpc) is 2.76. The Hall–Kier alpha value is -3.26. The molecular formula is C25H23F3N2O3. The molecule has 3 heterocycles. The number of pyridine rings is 1. The molecule has 0 saturated carbocycles. The van der Waals surface area contributed by atoms with Gasteiger partial charge in [0.2, 0.25) is 0 Å². The van der Waals surface area contributed by atoms with Crippen LogP contribution in [0, 0.1) is 5.92 Å². The van der Waals surface area contributed by atoms with Gasteiger partial charge in [-0.15, -0.1) is 13.2 Å². The van der Waals surface area contributed by atoms with E-state index in [0.717, 1.165) is 30.8 Å². The summed E-state index contributed by atoms with van der Waals surface area (Å²) >= 11 is 0. The molecule has 8 heteroatoms. The van der Waals surface area contributed by atoms with Gasteiger partial charge in [-0.1, -0.05) is 30.3 Å². The molecule has 2 atom stereocenters. The number of fused-ring (bicyclic) bond motifs is 4. The first-order valence-electron chi connectivity index (χ1n) is 10.9. The first-order chi connectivity index (χ1) is 15.8. The van der Waals surface area contributed by atoms with Crippen molar-refractivity contribution in [3.05, 3.63) is 82.3 Å². The van der Waals surface area contributed by atoms with Gasteiger partial charge in [-0.05, 0) is 48.2 Å². The molecule has 0 unspecified atom stereocenters. The second kappa shape index (κ2) is 8.26. The number of rotatable bonds is 4. The van der Waals surface area contributed by atoms with Gasteiger partial charge in [0, 0.05) is 48.9 Å². The highest BCUT2D eigenvalue weighted by Gasteiger charge is 2.35. The number of ether oxygens (including phenoxy) is 1. The van der Waals surface area contributed by atoms with E-state index in [1.54, 1.807) is 18.2 Å². The zero-order valence-corrected chi connectivity index (χ0v) is 17.8. The Morgan fingerprint density at radius 2 is 1.73 bits per heavy atom. The summed E-state index contributed by atoms with van der Waals surface area (Å²) < 4.78 is 43.0. The highest BCUT2D eigenvalue weighted by molar-refractivity contribution is 5.63. The maximum atomic E-state index is 13.3. The number of halogens is 3. The molecule has 0 spiro atoms. The van der Waals surface area contributed by atoms with Gasteiger partial charge in [0.15, 0.2) is 0 Å². The highest BCUT2D eigenvalue weighted by Crippen LogP contribution is 2.37. The Morgan fingerprint density at radius 1 is 0.970 bits per heavy atom. The molecule has 1 fully saturated rings. The van der Waals surface area contributed by atoms with Gasteiger partial charge in [-0.2, -0.15) is 0 Å². The van der Waals surface area contributed by atoms with Crippen LogP contribution >= 0.6 is 0 Å². The van der Waals surface area contributed by atoms with E-state index in [1.807, 2.05) is 22.8 Å². The number of aromatic nitrogens is 1. The van der Waals surface area contributed by atoms with Crippen LogP contribution in [-0.4, -0.2) is 34.0 Å². The van der Waals surface area contributed by atoms with Crippen LogP contribution in [0.1, 0.15) is 23.6 Å². The third kappa shape index (κ3) is 4.48. The van der Waals surface area contributed by atoms with Crippen LogP contribution in [-0.2, 0) is 13.1 Å². The molecule has 2 aromatic carbocycles. The number of alkyl halides is 3. The largest absolute Gasteiger partial charge is 0.573 e. The van der Waals surface area contributed by atoms with E-state index in [-0.39, 0.29) is 17.2 Å². The number of phenols is 1. The van der Waals surface area contributed by atoms with Crippen LogP contribution in [0.4, 0.5) is 13.2 Å². The summed E-state index contributed by atoms with van der Waals surface area (Å²) in [6.45, 7) is 2.90. The van der Waals surface area contributed by atoms with Crippen LogP contribution in [0.15, 0.2) is 65.5 Å². The lowest BCUT2D eigenvalue weighted by molar-refractivity contribution is -0.274. The van der Waals surface area contributed by atoms with Gasteiger partial charge in [0.25, 0.3) is 5.56 Å². The predicted octanol–water partition coefficient (Wildman–Crippen LogP) is 4.74. The molecule has 2 aliphatic heterocycles. The number of hydrogen-bond acceptors (Lipinski definition) is 4. The third-order valence-electron chi connectivity index (χ3n) is 6.46. The van der Waals surface area contributed by atoms with Crippen molar-refractivity contribution in [1.82, 2.24) is 9.47 Å². The van der Waals surface area contributed by atoms with Crippen LogP contribution in [0.3, 0.4) is 0 Å². The third-order valence-corrected chi connectivity index (χ3v) is 6.46. The molecule has 5 nitrogen and oxygen atoms in total. The van der Waals surface area contributed by atoms with Crippen molar-refractivity contribution in [2.75, 3.05) is 13.1 Å². The fourth-order valence-electron chi connectivity index (χ4n) is 5.12. The summed E-state index contributed by atoms with van der Waals surface area (Å²) in [5.41, 5.74) is 2.77. The zero-order valence-electron chi connectivity index (χ0n) is 17.8. The SMILES string of the molecule is O=c1c(-c2ccc(OC(F)(F)F)cc2)ccc2n1C[C@H]1C[C@@H]2CN(Cc2ccccc2O)C1. The second-order valence-electron chi connectivity index (χ2n) is 8.78. The topological polar surface area (TPSA) is 54.7 Å². The lowest BCUT2D eigenvalue weighted by atomic mass is 9.82. The Balaban J connectivity index is 1.38. The first-order valence-corrected chi connectivity index (χ1v) is 10.9. The Bertz CT molecular complexity index is 1220. The molecule has 1 saturated heterocycles. The summed E-state index contributed by atoms with van der Waals surface area (Å²) in [5.74, 6) is 0.509. The standard InChI is InChI=1S/C25H23F3N2O3/c26-25(27,28)33-20-7-5-17(6-8-20)21-9-10-22-19-11-16(13-30(22)24(21)32)12-29(15-19)14-18-3-1-2-4-23(18)31/h1-10,16,19,31H,11-15H2/t16-,19+/m0/s1. The lowest BCUT2D eigenvalue weighted by Gasteiger charge is -2.43. The Morgan fingerprint density at radius 3 is 2.45 bits per heavy atom. The van der Waals surface area contributed by atoms with Crippen molar-refractivity contribution in [2.45, 2.75) is 31.8 Å². The van der Waals surface area contributed by atoms with E-state index in [2.05, 4.69) is 9.64 Å². The van der Waals surface area contributed by atoms with Crippen LogP contribution < -0.4 is 10.3 Å². The first kappa shape index (κ1) is 21.6. The molecule has 5 rings (SSSR count). The van der Waals surface area contributed by atoms with E-state index in [0.29, 0.717) is 35.9 Å². The van der Waals surface area contributed by atoms with Crippen molar-refractivity contribution in [2.24, 2.45) is 5.92 Å². The number of benzene rings is 2. The van der Waals surface area contributed by atoms with E-state index in [4.69, 9.17) is 0 Å². The maximum Gasteiger partial charge on any atom is 0.573 e. The number of aromatic hydroxyl groups is 1. The van der Waals surface area contributed by atoms with Crippen molar-refractivity contribution >= 4 is 0 Å². The molecule has 0 radical (unpaired) electrons. The minimum atomic E-state index is -4.75. The summed E-state index contributed by atoms with van der Waals surface area (Å²) in [6.07, 6.45) is -3.74. The van der Waals surface area contributed by atoms with Crippen LogP contribution in [0.25, 0.3) is 11.1 Å². The molecule has 0 amide bonds. The van der Waals surface area contributed by atoms with Crippen LogP contribution in [0.5, 0.6) is 11.5 Å². The number of nitrogens with zero attached hydrogens (tertiary/aromatic N) is 2.